The van der Waals surface area contributed by atoms with E-state index in [-0.39, 0.29) is 0 Å². The molecule has 96 valence electrons. The molecule has 0 aromatic carbocycles. The molecular weight excluding hydrogens is 285 g/mol. The Morgan fingerprint density at radius 3 is 1.69 bits per heavy atom. The predicted octanol–water partition coefficient (Wildman–Crippen LogP) is 0.720. The molecule has 0 aliphatic heterocycles. The molecule has 0 amide bonds. The summed E-state index contributed by atoms with van der Waals surface area (Å²) in [6.45, 7) is 15.3. The summed E-state index contributed by atoms with van der Waals surface area (Å²) in [5, 5.41) is 0. The Morgan fingerprint density at radius 2 is 1.38 bits per heavy atom. The van der Waals surface area contributed by atoms with E-state index >= 15 is 0 Å². The van der Waals surface area contributed by atoms with Gasteiger partial charge in [0.15, 0.2) is 16.6 Å². The minimum absolute atomic E-state index is 0.897. The Labute approximate surface area is 109 Å². The van der Waals surface area contributed by atoms with Crippen LogP contribution in [0.4, 0.5) is 0 Å². The maximum atomic E-state index is 6.14. The van der Waals surface area contributed by atoms with Crippen LogP contribution in [0.15, 0.2) is 0 Å². The quantitative estimate of drug-likeness (QED) is 0.649. The highest BCUT2D eigenvalue weighted by molar-refractivity contribution is 6.88. The fraction of sp³-hybridized carbons (Fsp3) is 0.875. The minimum atomic E-state index is -2.13. The van der Waals surface area contributed by atoms with Crippen LogP contribution < -0.4 is 0 Å². The zero-order valence-corrected chi connectivity index (χ0v) is 18.3. The average molecular weight is 311 g/mol. The third-order valence-corrected chi connectivity index (χ3v) is 16.0. The molecule has 0 saturated carbocycles. The number of rotatable bonds is 7. The van der Waals surface area contributed by atoms with Crippen LogP contribution in [0.2, 0.25) is 45.8 Å². The van der Waals surface area contributed by atoms with Crippen molar-refractivity contribution in [2.75, 3.05) is 0 Å². The highest BCUT2D eigenvalue weighted by atomic mass is 28.5. The van der Waals surface area contributed by atoms with Gasteiger partial charge in [-0.15, -0.1) is 0 Å². The van der Waals surface area contributed by atoms with E-state index in [4.69, 9.17) is 12.3 Å². The van der Waals surface area contributed by atoms with Crippen LogP contribution in [-0.2, 0) is 12.3 Å². The van der Waals surface area contributed by atoms with Gasteiger partial charge in [0.2, 0.25) is 0 Å². The van der Waals surface area contributed by atoms with Crippen molar-refractivity contribution in [3.05, 3.63) is 5.67 Å². The lowest BCUT2D eigenvalue weighted by Gasteiger charge is -2.33. The van der Waals surface area contributed by atoms with Crippen LogP contribution in [0, 0.1) is 5.67 Å². The van der Waals surface area contributed by atoms with Crippen LogP contribution in [0.3, 0.4) is 0 Å². The van der Waals surface area contributed by atoms with Gasteiger partial charge in [0.25, 0.3) is 10.0 Å². The van der Waals surface area contributed by atoms with Crippen LogP contribution in [-0.4, -0.2) is 45.4 Å². The van der Waals surface area contributed by atoms with Crippen molar-refractivity contribution in [2.24, 2.45) is 0 Å². The van der Waals surface area contributed by atoms with Crippen LogP contribution in [0.25, 0.3) is 0 Å². The highest BCUT2D eigenvalue weighted by Gasteiger charge is 2.35. The largest absolute Gasteiger partial charge is 0.441 e. The summed E-state index contributed by atoms with van der Waals surface area (Å²) in [6, 6.07) is 0. The highest BCUT2D eigenvalue weighted by Crippen LogP contribution is 2.17. The van der Waals surface area contributed by atoms with Crippen molar-refractivity contribution in [3.8, 4) is 0 Å². The van der Waals surface area contributed by atoms with Crippen molar-refractivity contribution in [1.82, 2.24) is 0 Å². The smallest absolute Gasteiger partial charge is 0.318 e. The van der Waals surface area contributed by atoms with E-state index in [0.29, 0.717) is 0 Å². The molecule has 3 nitrogen and oxygen atoms in total. The van der Waals surface area contributed by atoms with Gasteiger partial charge in [-0.05, 0) is 45.8 Å². The summed E-state index contributed by atoms with van der Waals surface area (Å²) in [5.74, 6) is 0. The lowest BCUT2D eigenvalue weighted by atomic mass is 11.8. The molecule has 1 unspecified atom stereocenters. The van der Waals surface area contributed by atoms with Crippen molar-refractivity contribution >= 4 is 45.4 Å². The predicted molar refractivity (Wildman–Crippen MR) is 83.3 cm³/mol. The first-order chi connectivity index (χ1) is 6.97. The summed E-state index contributed by atoms with van der Waals surface area (Å²) < 4.78 is 17.9. The molecular formula is C8H26O3Si5. The van der Waals surface area contributed by atoms with Gasteiger partial charge in [0, 0.05) is 15.9 Å². The van der Waals surface area contributed by atoms with E-state index in [2.05, 4.69) is 51.5 Å². The van der Waals surface area contributed by atoms with Gasteiger partial charge < -0.3 is 12.3 Å². The van der Waals surface area contributed by atoms with E-state index in [0.717, 1.165) is 10.2 Å². The van der Waals surface area contributed by atoms with Gasteiger partial charge >= 0.3 is 8.56 Å². The summed E-state index contributed by atoms with van der Waals surface area (Å²) in [6.07, 6.45) is 0. The standard InChI is InChI=1S/C8H26O3Si5/c1-14(2,3)9-13-10-16(7,8-12)11-15(4,5)6/h13H2,1-7,12H3. The molecule has 0 spiro atoms. The third kappa shape index (κ3) is 9.04. The van der Waals surface area contributed by atoms with E-state index in [1.807, 2.05) is 0 Å². The topological polar surface area (TPSA) is 27.7 Å². The van der Waals surface area contributed by atoms with Gasteiger partial charge in [-0.25, -0.2) is 0 Å². The van der Waals surface area contributed by atoms with E-state index < -0.39 is 35.2 Å². The Balaban J connectivity index is 4.18. The Kier molecular flexibility index (Phi) is 6.60. The van der Waals surface area contributed by atoms with Crippen LogP contribution in [0.5, 0.6) is 0 Å². The monoisotopic (exact) mass is 310 g/mol. The fourth-order valence-corrected chi connectivity index (χ4v) is 12.8. The first kappa shape index (κ1) is 17.0. The normalized spacial score (nSPS) is 18.2. The summed E-state index contributed by atoms with van der Waals surface area (Å²) >= 11 is 0. The van der Waals surface area contributed by atoms with Crippen molar-refractivity contribution in [1.29, 1.82) is 0 Å². The lowest BCUT2D eigenvalue weighted by Crippen LogP contribution is -2.50. The molecule has 16 heavy (non-hydrogen) atoms. The maximum absolute atomic E-state index is 6.14. The van der Waals surface area contributed by atoms with Crippen molar-refractivity contribution < 1.29 is 12.3 Å². The Bertz CT molecular complexity index is 213. The SMILES string of the molecule is C[Si](C)(C)O[SiH2]O[Si](C)([C][SiH3])O[Si](C)(C)C. The zero-order chi connectivity index (χ0) is 13.0. The third-order valence-electron chi connectivity index (χ3n) is 1.78. The molecule has 0 N–H and O–H groups in total. The molecule has 0 aromatic rings. The van der Waals surface area contributed by atoms with Gasteiger partial charge in [0.1, 0.15) is 0 Å². The van der Waals surface area contributed by atoms with Gasteiger partial charge in [-0.3, -0.25) is 0 Å². The van der Waals surface area contributed by atoms with E-state index in [1.165, 1.54) is 0 Å². The van der Waals surface area contributed by atoms with Gasteiger partial charge in [0.05, 0.1) is 0 Å². The minimum Gasteiger partial charge on any atom is -0.441 e. The van der Waals surface area contributed by atoms with Crippen molar-refractivity contribution in [3.63, 3.8) is 0 Å². The second-order valence-electron chi connectivity index (χ2n) is 5.93. The first-order valence-corrected chi connectivity index (χ1v) is 16.9. The molecule has 8 heteroatoms. The molecule has 0 rings (SSSR count). The second-order valence-corrected chi connectivity index (χ2v) is 21.6. The number of hydrogen-bond acceptors (Lipinski definition) is 3. The lowest BCUT2D eigenvalue weighted by molar-refractivity contribution is 0.373. The average Bonchev–Trinajstić information content (AvgIpc) is 1.98. The van der Waals surface area contributed by atoms with E-state index in [1.54, 1.807) is 0 Å². The van der Waals surface area contributed by atoms with Crippen molar-refractivity contribution in [2.45, 2.75) is 45.8 Å². The van der Waals surface area contributed by atoms with Gasteiger partial charge in [-0.2, -0.15) is 0 Å². The molecule has 0 aliphatic carbocycles. The first-order valence-electron chi connectivity index (χ1n) is 5.64. The summed E-state index contributed by atoms with van der Waals surface area (Å²) in [5.41, 5.74) is 3.36. The van der Waals surface area contributed by atoms with Crippen LogP contribution in [0.1, 0.15) is 0 Å². The van der Waals surface area contributed by atoms with Gasteiger partial charge in [-0.1, -0.05) is 0 Å². The maximum Gasteiger partial charge on any atom is 0.318 e. The second kappa shape index (κ2) is 6.22. The summed E-state index contributed by atoms with van der Waals surface area (Å²) in [7, 11) is -5.08. The molecule has 0 heterocycles. The Hall–Kier alpha value is 0.964. The van der Waals surface area contributed by atoms with E-state index in [9.17, 15) is 0 Å². The molecule has 0 aliphatic rings. The zero-order valence-electron chi connectivity index (χ0n) is 11.9. The fourth-order valence-electron chi connectivity index (χ4n) is 1.06. The van der Waals surface area contributed by atoms with Crippen LogP contribution >= 0.6 is 0 Å². The molecule has 0 fully saturated rings. The molecule has 0 saturated heterocycles. The molecule has 1 atom stereocenters. The molecule has 0 aromatic heterocycles. The molecule has 0 bridgehead atoms. The summed E-state index contributed by atoms with van der Waals surface area (Å²) in [4.78, 5) is 0. The number of hydrogen-bond donors (Lipinski definition) is 0. The molecule has 2 radical (unpaired) electrons. The Morgan fingerprint density at radius 1 is 0.875 bits per heavy atom.